The molecule has 0 aliphatic carbocycles. The van der Waals surface area contributed by atoms with Crippen molar-refractivity contribution < 1.29 is 5.11 Å². The molecule has 0 radical (unpaired) electrons. The number of para-hydroxylation sites is 1. The summed E-state index contributed by atoms with van der Waals surface area (Å²) in [5, 5.41) is 13.5. The van der Waals surface area contributed by atoms with Gasteiger partial charge in [-0.25, -0.2) is 0 Å². The van der Waals surface area contributed by atoms with Crippen LogP contribution in [0.2, 0.25) is 0 Å². The highest BCUT2D eigenvalue weighted by atomic mass is 16.3. The van der Waals surface area contributed by atoms with Crippen LogP contribution in [0.15, 0.2) is 29.4 Å². The molecule has 3 heteroatoms. The highest BCUT2D eigenvalue weighted by Gasteiger charge is 1.93. The molecule has 0 aromatic heterocycles. The predicted octanol–water partition coefficient (Wildman–Crippen LogP) is 2.51. The molecule has 0 aliphatic rings. The van der Waals surface area contributed by atoms with E-state index in [0.717, 1.165) is 18.5 Å². The molecule has 0 saturated heterocycles. The summed E-state index contributed by atoms with van der Waals surface area (Å²) in [7, 11) is 0. The van der Waals surface area contributed by atoms with E-state index >= 15 is 0 Å². The summed E-state index contributed by atoms with van der Waals surface area (Å²) in [6.45, 7) is 3.06. The normalized spacial score (nSPS) is 10.7. The number of hydrazone groups is 1. The number of rotatable bonds is 6. The van der Waals surface area contributed by atoms with Crippen LogP contribution in [0.3, 0.4) is 0 Å². The van der Waals surface area contributed by atoms with E-state index in [1.54, 1.807) is 18.3 Å². The second kappa shape index (κ2) is 6.87. The van der Waals surface area contributed by atoms with E-state index in [2.05, 4.69) is 17.5 Å². The van der Waals surface area contributed by atoms with E-state index < -0.39 is 0 Å². The Bertz CT molecular complexity index is 310. The van der Waals surface area contributed by atoms with Crippen molar-refractivity contribution >= 4 is 6.21 Å². The molecule has 0 saturated carbocycles. The molecule has 1 rings (SSSR count). The van der Waals surface area contributed by atoms with Crippen molar-refractivity contribution in [1.82, 2.24) is 5.43 Å². The van der Waals surface area contributed by atoms with E-state index in [4.69, 9.17) is 0 Å². The van der Waals surface area contributed by atoms with Gasteiger partial charge in [-0.05, 0) is 18.6 Å². The first-order valence-corrected chi connectivity index (χ1v) is 5.38. The summed E-state index contributed by atoms with van der Waals surface area (Å²) in [5.41, 5.74) is 3.69. The minimum absolute atomic E-state index is 0.261. The van der Waals surface area contributed by atoms with Crippen molar-refractivity contribution in [2.75, 3.05) is 6.54 Å². The number of phenols is 1. The van der Waals surface area contributed by atoms with Gasteiger partial charge in [0.05, 0.1) is 6.21 Å². The molecule has 0 aliphatic heterocycles. The number of benzene rings is 1. The summed E-state index contributed by atoms with van der Waals surface area (Å²) in [4.78, 5) is 0. The predicted molar refractivity (Wildman–Crippen MR) is 63.2 cm³/mol. The van der Waals surface area contributed by atoms with Crippen LogP contribution in [0.1, 0.15) is 31.7 Å². The maximum absolute atomic E-state index is 9.43. The SMILES string of the molecule is CCCCCNN=Cc1ccccc1O. The van der Waals surface area contributed by atoms with Gasteiger partial charge in [0.2, 0.25) is 0 Å². The van der Waals surface area contributed by atoms with Gasteiger partial charge in [-0.3, -0.25) is 0 Å². The number of nitrogens with zero attached hydrogens (tertiary/aromatic N) is 1. The Kier molecular flexibility index (Phi) is 5.30. The fourth-order valence-corrected chi connectivity index (χ4v) is 1.23. The van der Waals surface area contributed by atoms with Crippen molar-refractivity contribution in [2.45, 2.75) is 26.2 Å². The molecule has 1 aromatic carbocycles. The minimum Gasteiger partial charge on any atom is -0.507 e. The zero-order valence-corrected chi connectivity index (χ0v) is 9.11. The third-order valence-corrected chi connectivity index (χ3v) is 2.12. The minimum atomic E-state index is 0.261. The van der Waals surface area contributed by atoms with Gasteiger partial charge in [-0.2, -0.15) is 5.10 Å². The molecule has 15 heavy (non-hydrogen) atoms. The summed E-state index contributed by atoms with van der Waals surface area (Å²) in [6, 6.07) is 7.14. The van der Waals surface area contributed by atoms with Gasteiger partial charge in [0.1, 0.15) is 5.75 Å². The molecule has 0 bridgehead atoms. The van der Waals surface area contributed by atoms with Gasteiger partial charge >= 0.3 is 0 Å². The molecule has 1 aromatic rings. The average molecular weight is 206 g/mol. The lowest BCUT2D eigenvalue weighted by molar-refractivity contribution is 0.474. The Morgan fingerprint density at radius 2 is 2.13 bits per heavy atom. The molecule has 0 fully saturated rings. The first-order valence-electron chi connectivity index (χ1n) is 5.38. The van der Waals surface area contributed by atoms with E-state index in [9.17, 15) is 5.11 Å². The van der Waals surface area contributed by atoms with E-state index in [-0.39, 0.29) is 5.75 Å². The second-order valence-corrected chi connectivity index (χ2v) is 3.43. The molecule has 0 atom stereocenters. The number of unbranched alkanes of at least 4 members (excludes halogenated alkanes) is 2. The number of hydrogen-bond donors (Lipinski definition) is 2. The summed E-state index contributed by atoms with van der Waals surface area (Å²) in [6.07, 6.45) is 5.21. The molecule has 0 amide bonds. The molecule has 0 spiro atoms. The Hall–Kier alpha value is -1.51. The molecular formula is C12H18N2O. The number of hydrogen-bond acceptors (Lipinski definition) is 3. The third-order valence-electron chi connectivity index (χ3n) is 2.12. The van der Waals surface area contributed by atoms with Crippen LogP contribution in [-0.2, 0) is 0 Å². The smallest absolute Gasteiger partial charge is 0.124 e. The maximum atomic E-state index is 9.43. The Balaban J connectivity index is 2.29. The Morgan fingerprint density at radius 3 is 2.87 bits per heavy atom. The second-order valence-electron chi connectivity index (χ2n) is 3.43. The van der Waals surface area contributed by atoms with E-state index in [1.165, 1.54) is 12.8 Å². The van der Waals surface area contributed by atoms with Crippen LogP contribution in [0.4, 0.5) is 0 Å². The molecule has 82 valence electrons. The Morgan fingerprint density at radius 1 is 1.33 bits per heavy atom. The lowest BCUT2D eigenvalue weighted by Crippen LogP contribution is -2.07. The fourth-order valence-electron chi connectivity index (χ4n) is 1.23. The standard InChI is InChI=1S/C12H18N2O/c1-2-3-6-9-13-14-10-11-7-4-5-8-12(11)15/h4-5,7-8,10,13,15H,2-3,6,9H2,1H3. The highest BCUT2D eigenvalue weighted by molar-refractivity contribution is 5.82. The molecule has 0 heterocycles. The van der Waals surface area contributed by atoms with Gasteiger partial charge in [0, 0.05) is 12.1 Å². The molecule has 2 N–H and O–H groups in total. The zero-order valence-electron chi connectivity index (χ0n) is 9.11. The van der Waals surface area contributed by atoms with Crippen LogP contribution in [-0.4, -0.2) is 17.9 Å². The van der Waals surface area contributed by atoms with Crippen molar-refractivity contribution in [1.29, 1.82) is 0 Å². The van der Waals surface area contributed by atoms with Crippen LogP contribution in [0, 0.1) is 0 Å². The number of aromatic hydroxyl groups is 1. The van der Waals surface area contributed by atoms with Crippen molar-refractivity contribution in [3.05, 3.63) is 29.8 Å². The van der Waals surface area contributed by atoms with Crippen LogP contribution in [0.25, 0.3) is 0 Å². The van der Waals surface area contributed by atoms with Crippen molar-refractivity contribution in [3.8, 4) is 5.75 Å². The fraction of sp³-hybridized carbons (Fsp3) is 0.417. The van der Waals surface area contributed by atoms with Crippen molar-refractivity contribution in [2.24, 2.45) is 5.10 Å². The topological polar surface area (TPSA) is 44.6 Å². The highest BCUT2D eigenvalue weighted by Crippen LogP contribution is 2.12. The average Bonchev–Trinajstić information content (AvgIpc) is 2.25. The summed E-state index contributed by atoms with van der Waals surface area (Å²) in [5.74, 6) is 0.261. The van der Waals surface area contributed by atoms with Gasteiger partial charge in [0.25, 0.3) is 0 Å². The molecule has 3 nitrogen and oxygen atoms in total. The van der Waals surface area contributed by atoms with Gasteiger partial charge in [-0.15, -0.1) is 0 Å². The maximum Gasteiger partial charge on any atom is 0.124 e. The third kappa shape index (κ3) is 4.49. The van der Waals surface area contributed by atoms with Crippen LogP contribution < -0.4 is 5.43 Å². The summed E-state index contributed by atoms with van der Waals surface area (Å²) >= 11 is 0. The first-order chi connectivity index (χ1) is 7.34. The van der Waals surface area contributed by atoms with Gasteiger partial charge in [-0.1, -0.05) is 31.9 Å². The lowest BCUT2D eigenvalue weighted by atomic mass is 10.2. The van der Waals surface area contributed by atoms with Crippen LogP contribution in [0.5, 0.6) is 5.75 Å². The zero-order chi connectivity index (χ0) is 10.9. The lowest BCUT2D eigenvalue weighted by Gasteiger charge is -1.99. The molecular weight excluding hydrogens is 188 g/mol. The van der Waals surface area contributed by atoms with Crippen LogP contribution >= 0.6 is 0 Å². The summed E-state index contributed by atoms with van der Waals surface area (Å²) < 4.78 is 0. The quantitative estimate of drug-likeness (QED) is 0.427. The monoisotopic (exact) mass is 206 g/mol. The Labute approximate surface area is 90.8 Å². The number of nitrogens with one attached hydrogen (secondary N) is 1. The van der Waals surface area contributed by atoms with Gasteiger partial charge in [0.15, 0.2) is 0 Å². The largest absolute Gasteiger partial charge is 0.507 e. The molecule has 0 unspecified atom stereocenters. The number of phenolic OH excluding ortho intramolecular Hbond substituents is 1. The van der Waals surface area contributed by atoms with E-state index in [0.29, 0.717) is 0 Å². The first kappa shape index (κ1) is 11.6. The van der Waals surface area contributed by atoms with Crippen molar-refractivity contribution in [3.63, 3.8) is 0 Å². The van der Waals surface area contributed by atoms with Gasteiger partial charge < -0.3 is 10.5 Å². The van der Waals surface area contributed by atoms with E-state index in [1.807, 2.05) is 12.1 Å².